The van der Waals surface area contributed by atoms with Crippen LogP contribution in [0.25, 0.3) is 5.69 Å². The molecule has 2 amide bonds. The Hall–Kier alpha value is -2.87. The molecule has 0 bridgehead atoms. The highest BCUT2D eigenvalue weighted by atomic mass is 16.6. The SMILES string of the molecule is O=C(CN1CCOC1=O)N1CCCN(Cc2ccccc2-n2cccn2)CC1. The van der Waals surface area contributed by atoms with Gasteiger partial charge in [-0.25, -0.2) is 9.48 Å². The second-order valence-corrected chi connectivity index (χ2v) is 7.13. The number of nitrogens with zero attached hydrogens (tertiary/aromatic N) is 5. The lowest BCUT2D eigenvalue weighted by molar-refractivity contribution is -0.131. The third-order valence-electron chi connectivity index (χ3n) is 5.25. The summed E-state index contributed by atoms with van der Waals surface area (Å²) in [6.45, 7) is 4.93. The van der Waals surface area contributed by atoms with Crippen LogP contribution in [0.3, 0.4) is 0 Å². The van der Waals surface area contributed by atoms with Crippen LogP contribution in [0.2, 0.25) is 0 Å². The summed E-state index contributed by atoms with van der Waals surface area (Å²) in [5.74, 6) is -0.00218. The van der Waals surface area contributed by atoms with Crippen LogP contribution in [0.1, 0.15) is 12.0 Å². The van der Waals surface area contributed by atoms with Crippen LogP contribution >= 0.6 is 0 Å². The molecule has 148 valence electrons. The van der Waals surface area contributed by atoms with Gasteiger partial charge >= 0.3 is 6.09 Å². The predicted molar refractivity (Wildman–Crippen MR) is 103 cm³/mol. The zero-order valence-electron chi connectivity index (χ0n) is 15.9. The molecule has 0 radical (unpaired) electrons. The van der Waals surface area contributed by atoms with Crippen LogP contribution in [-0.2, 0) is 16.1 Å². The van der Waals surface area contributed by atoms with Crippen molar-refractivity contribution in [3.63, 3.8) is 0 Å². The Bertz CT molecular complexity index is 823. The molecule has 1 aromatic heterocycles. The molecule has 8 nitrogen and oxygen atoms in total. The van der Waals surface area contributed by atoms with Gasteiger partial charge in [-0.05, 0) is 24.1 Å². The number of carbonyl (C=O) groups excluding carboxylic acids is 2. The van der Waals surface area contributed by atoms with Crippen LogP contribution in [-0.4, -0.2) is 82.4 Å². The maximum absolute atomic E-state index is 12.6. The first kappa shape index (κ1) is 18.5. The van der Waals surface area contributed by atoms with Crippen molar-refractivity contribution >= 4 is 12.0 Å². The average molecular weight is 383 g/mol. The van der Waals surface area contributed by atoms with E-state index >= 15 is 0 Å². The normalized spacial score (nSPS) is 18.2. The standard InChI is InChI=1S/C20H25N5O3/c26-19(16-24-13-14-28-20(24)27)23-9-4-8-22(11-12-23)15-17-5-1-2-6-18(17)25-10-3-7-21-25/h1-3,5-7,10H,4,8-9,11-16H2. The molecule has 3 heterocycles. The number of benzene rings is 1. The van der Waals surface area contributed by atoms with E-state index in [9.17, 15) is 9.59 Å². The van der Waals surface area contributed by atoms with Crippen LogP contribution in [0.5, 0.6) is 0 Å². The lowest BCUT2D eigenvalue weighted by Gasteiger charge is -2.24. The van der Waals surface area contributed by atoms with Crippen LogP contribution in [0, 0.1) is 0 Å². The molecule has 8 heteroatoms. The van der Waals surface area contributed by atoms with Gasteiger partial charge in [-0.1, -0.05) is 18.2 Å². The highest BCUT2D eigenvalue weighted by molar-refractivity contribution is 5.82. The van der Waals surface area contributed by atoms with Crippen LogP contribution in [0.15, 0.2) is 42.7 Å². The van der Waals surface area contributed by atoms with E-state index in [4.69, 9.17) is 4.74 Å². The fourth-order valence-corrected chi connectivity index (χ4v) is 3.73. The first-order valence-corrected chi connectivity index (χ1v) is 9.70. The van der Waals surface area contributed by atoms with Crippen molar-refractivity contribution in [2.45, 2.75) is 13.0 Å². The minimum atomic E-state index is -0.389. The molecule has 0 unspecified atom stereocenters. The number of hydrogen-bond acceptors (Lipinski definition) is 5. The summed E-state index contributed by atoms with van der Waals surface area (Å²) in [6.07, 6.45) is 4.26. The van der Waals surface area contributed by atoms with E-state index in [2.05, 4.69) is 22.1 Å². The predicted octanol–water partition coefficient (Wildman–Crippen LogP) is 1.36. The molecule has 0 saturated carbocycles. The fourth-order valence-electron chi connectivity index (χ4n) is 3.73. The van der Waals surface area contributed by atoms with E-state index in [0.29, 0.717) is 19.7 Å². The van der Waals surface area contributed by atoms with Crippen molar-refractivity contribution < 1.29 is 14.3 Å². The molecule has 0 spiro atoms. The molecule has 0 atom stereocenters. The maximum atomic E-state index is 12.6. The summed E-state index contributed by atoms with van der Waals surface area (Å²) in [5, 5.41) is 4.35. The van der Waals surface area contributed by atoms with E-state index < -0.39 is 0 Å². The summed E-state index contributed by atoms with van der Waals surface area (Å²) in [7, 11) is 0. The number of ether oxygens (including phenoxy) is 1. The number of carbonyl (C=O) groups is 2. The van der Waals surface area contributed by atoms with Gasteiger partial charge in [-0.15, -0.1) is 0 Å². The van der Waals surface area contributed by atoms with Crippen LogP contribution < -0.4 is 0 Å². The molecule has 2 fully saturated rings. The largest absolute Gasteiger partial charge is 0.448 e. The molecule has 0 N–H and O–H groups in total. The van der Waals surface area contributed by atoms with Crippen molar-refractivity contribution in [3.8, 4) is 5.69 Å². The van der Waals surface area contributed by atoms with E-state index in [1.54, 1.807) is 6.20 Å². The molecule has 2 aromatic rings. The summed E-state index contributed by atoms with van der Waals surface area (Å²) in [5.41, 5.74) is 2.29. The summed E-state index contributed by atoms with van der Waals surface area (Å²) in [6, 6.07) is 10.2. The minimum absolute atomic E-state index is 0.00218. The van der Waals surface area contributed by atoms with E-state index in [-0.39, 0.29) is 18.5 Å². The van der Waals surface area contributed by atoms with Gasteiger partial charge in [0.15, 0.2) is 0 Å². The fraction of sp³-hybridized carbons (Fsp3) is 0.450. The smallest absolute Gasteiger partial charge is 0.410 e. The Morgan fingerprint density at radius 1 is 1.07 bits per heavy atom. The lowest BCUT2D eigenvalue weighted by Crippen LogP contribution is -2.42. The highest BCUT2D eigenvalue weighted by Gasteiger charge is 2.27. The van der Waals surface area contributed by atoms with Gasteiger partial charge in [0.2, 0.25) is 5.91 Å². The molecule has 28 heavy (non-hydrogen) atoms. The summed E-state index contributed by atoms with van der Waals surface area (Å²) < 4.78 is 6.79. The highest BCUT2D eigenvalue weighted by Crippen LogP contribution is 2.17. The molecule has 2 aliphatic rings. The van der Waals surface area contributed by atoms with Gasteiger partial charge in [0.1, 0.15) is 13.2 Å². The van der Waals surface area contributed by atoms with Crippen molar-refractivity contribution in [2.75, 3.05) is 45.9 Å². The quantitative estimate of drug-likeness (QED) is 0.780. The number of para-hydroxylation sites is 1. The Balaban J connectivity index is 1.36. The summed E-state index contributed by atoms with van der Waals surface area (Å²) in [4.78, 5) is 29.9. The Kier molecular flexibility index (Phi) is 5.57. The Labute approximate surface area is 164 Å². The van der Waals surface area contributed by atoms with Gasteiger partial charge in [-0.2, -0.15) is 5.10 Å². The summed E-state index contributed by atoms with van der Waals surface area (Å²) >= 11 is 0. The van der Waals surface area contributed by atoms with Gasteiger partial charge in [0, 0.05) is 45.1 Å². The Morgan fingerprint density at radius 3 is 2.75 bits per heavy atom. The average Bonchev–Trinajstić information content (AvgIpc) is 3.31. The second kappa shape index (κ2) is 8.43. The number of rotatable bonds is 5. The van der Waals surface area contributed by atoms with Crippen molar-refractivity contribution in [2.24, 2.45) is 0 Å². The number of aromatic nitrogens is 2. The maximum Gasteiger partial charge on any atom is 0.410 e. The first-order chi connectivity index (χ1) is 13.7. The zero-order chi connectivity index (χ0) is 19.3. The van der Waals surface area contributed by atoms with Crippen molar-refractivity contribution in [3.05, 3.63) is 48.3 Å². The topological polar surface area (TPSA) is 70.9 Å². The van der Waals surface area contributed by atoms with Gasteiger partial charge in [0.25, 0.3) is 0 Å². The van der Waals surface area contributed by atoms with Crippen molar-refractivity contribution in [1.29, 1.82) is 0 Å². The molecule has 1 aromatic carbocycles. The van der Waals surface area contributed by atoms with Gasteiger partial charge in [-0.3, -0.25) is 14.6 Å². The molecular weight excluding hydrogens is 358 g/mol. The number of hydrogen-bond donors (Lipinski definition) is 0. The minimum Gasteiger partial charge on any atom is -0.448 e. The van der Waals surface area contributed by atoms with Crippen LogP contribution in [0.4, 0.5) is 4.79 Å². The molecule has 2 saturated heterocycles. The number of cyclic esters (lactones) is 1. The lowest BCUT2D eigenvalue weighted by atomic mass is 10.1. The third kappa shape index (κ3) is 4.17. The zero-order valence-corrected chi connectivity index (χ0v) is 15.9. The second-order valence-electron chi connectivity index (χ2n) is 7.13. The monoisotopic (exact) mass is 383 g/mol. The van der Waals surface area contributed by atoms with Crippen molar-refractivity contribution in [1.82, 2.24) is 24.5 Å². The van der Waals surface area contributed by atoms with Gasteiger partial charge < -0.3 is 9.64 Å². The van der Waals surface area contributed by atoms with E-state index in [0.717, 1.165) is 38.3 Å². The third-order valence-corrected chi connectivity index (χ3v) is 5.25. The molecule has 2 aliphatic heterocycles. The molecular formula is C20H25N5O3. The van der Waals surface area contributed by atoms with E-state index in [1.807, 2.05) is 34.0 Å². The Morgan fingerprint density at radius 2 is 1.96 bits per heavy atom. The first-order valence-electron chi connectivity index (χ1n) is 9.70. The molecule has 0 aliphatic carbocycles. The van der Waals surface area contributed by atoms with Gasteiger partial charge in [0.05, 0.1) is 12.2 Å². The van der Waals surface area contributed by atoms with E-state index in [1.165, 1.54) is 10.5 Å². The molecule has 4 rings (SSSR count). The number of amides is 2.